The number of pyridine rings is 1. The first kappa shape index (κ1) is 50.4. The van der Waals surface area contributed by atoms with Crippen molar-refractivity contribution in [2.24, 2.45) is 29.6 Å². The number of aliphatic hydroxyl groups is 3. The third kappa shape index (κ3) is 12.6. The molecule has 14 heteroatoms. The molecule has 2 saturated heterocycles. The van der Waals surface area contributed by atoms with E-state index < -0.39 is 83.9 Å². The summed E-state index contributed by atoms with van der Waals surface area (Å²) in [5, 5.41) is 34.5. The van der Waals surface area contributed by atoms with Crippen molar-refractivity contribution in [1.82, 2.24) is 9.88 Å². The Morgan fingerprint density at radius 2 is 1.59 bits per heavy atom. The maximum Gasteiger partial charge on any atom is 0.329 e. The summed E-state index contributed by atoms with van der Waals surface area (Å²) in [5.41, 5.74) is 2.54. The summed E-state index contributed by atoms with van der Waals surface area (Å²) in [5.74, 6) is -7.90. The van der Waals surface area contributed by atoms with Gasteiger partial charge in [0.1, 0.15) is 24.0 Å². The number of amides is 1. The van der Waals surface area contributed by atoms with Crippen molar-refractivity contribution in [2.45, 2.75) is 160 Å². The lowest BCUT2D eigenvalue weighted by atomic mass is 9.81. The Labute approximate surface area is 373 Å². The highest BCUT2D eigenvalue weighted by Gasteiger charge is 2.56. The van der Waals surface area contributed by atoms with E-state index in [1.54, 1.807) is 33.4 Å². The van der Waals surface area contributed by atoms with Crippen LogP contribution in [0.25, 0.3) is 6.08 Å². The maximum absolute atomic E-state index is 14.5. The Hall–Kier alpha value is -3.63. The molecule has 0 unspecified atom stereocenters. The average Bonchev–Trinajstić information content (AvgIpc) is 3.27. The molecule has 14 nitrogen and oxygen atoms in total. The fourth-order valence-corrected chi connectivity index (χ4v) is 10.1. The summed E-state index contributed by atoms with van der Waals surface area (Å²) in [6, 6.07) is 2.59. The summed E-state index contributed by atoms with van der Waals surface area (Å²) in [6.45, 7) is 9.29. The molecule has 4 heterocycles. The van der Waals surface area contributed by atoms with Gasteiger partial charge in [0.15, 0.2) is 0 Å². The second-order valence-electron chi connectivity index (χ2n) is 18.7. The lowest BCUT2D eigenvalue weighted by molar-refractivity contribution is -0.302. The second-order valence-corrected chi connectivity index (χ2v) is 18.7. The molecule has 0 spiro atoms. The van der Waals surface area contributed by atoms with Gasteiger partial charge in [0.05, 0.1) is 30.5 Å². The average molecular weight is 881 g/mol. The number of ketones is 2. The minimum absolute atomic E-state index is 0.0145. The standard InChI is InChI=1S/C49H72N2O12/c1-29-22-30(2)24-42(60-7)45-43(61-8)26-32(4)49(58,63-45)46(55)47(56)51-21-10-9-14-37(51)48(57)62-44(31(3)25-35-15-16-38(52)41(27-35)59-6)33(5)39(53)28-40(54)36(23-29)13-11-12-34-17-19-50-20-18-34/h11-12,17-20,23,25,30,32-33,35-39,41-45,52-53,58H,9-10,13-16,21-22,24,26-28H2,1-8H3/b12-11+,29-23+,31-25+/t30-,32+,33+,35-,36+,37-,38+,39-,41+,42-,43-,44+,45+,49+/m0/s1. The van der Waals surface area contributed by atoms with Gasteiger partial charge in [-0.1, -0.05) is 50.6 Å². The highest BCUT2D eigenvalue weighted by atomic mass is 16.7. The van der Waals surface area contributed by atoms with Crippen LogP contribution in [0, 0.1) is 29.6 Å². The molecular formula is C49H72N2O12. The van der Waals surface area contributed by atoms with Gasteiger partial charge in [-0.25, -0.2) is 4.79 Å². The number of hydrogen-bond acceptors (Lipinski definition) is 13. The molecule has 2 bridgehead atoms. The van der Waals surface area contributed by atoms with E-state index in [1.165, 1.54) is 19.1 Å². The van der Waals surface area contributed by atoms with Crippen molar-refractivity contribution < 1.29 is 58.2 Å². The Kier molecular flexibility index (Phi) is 18.4. The van der Waals surface area contributed by atoms with Gasteiger partial charge in [0.25, 0.3) is 11.7 Å². The van der Waals surface area contributed by atoms with Crippen LogP contribution in [0.5, 0.6) is 0 Å². The van der Waals surface area contributed by atoms with Crippen LogP contribution in [0.15, 0.2) is 53.9 Å². The number of esters is 1. The van der Waals surface area contributed by atoms with Crippen molar-refractivity contribution in [3.8, 4) is 0 Å². The Morgan fingerprint density at radius 1 is 0.905 bits per heavy atom. The number of aromatic nitrogens is 1. The molecule has 0 radical (unpaired) electrons. The SMILES string of the molecule is CO[C@H]1C[C@@H](C)C/C(C)=C/[C@@H](C/C=C/c2ccncc2)C(=O)C[C@H](O)[C@@H](C)[C@@H](/C(C)=C/[C@@H]2CC[C@@H](O)[C@H](OC)C2)OC(=O)[C@@H]2CCCCN2C(=O)C(=O)[C@]2(O)O[C@H]1[C@@H](OC)C[C@H]2C. The number of methoxy groups -OCH3 is 3. The number of ether oxygens (including phenoxy) is 5. The summed E-state index contributed by atoms with van der Waals surface area (Å²) in [6.07, 6.45) is 10.3. The summed E-state index contributed by atoms with van der Waals surface area (Å²) >= 11 is 0. The molecule has 1 aliphatic carbocycles. The molecule has 1 saturated carbocycles. The molecule has 1 aromatic heterocycles. The Bertz CT molecular complexity index is 1800. The molecule has 14 atom stereocenters. The zero-order chi connectivity index (χ0) is 46.0. The second kappa shape index (κ2) is 23.0. The van der Waals surface area contributed by atoms with Crippen LogP contribution in [-0.2, 0) is 42.9 Å². The molecule has 3 fully saturated rings. The summed E-state index contributed by atoms with van der Waals surface area (Å²) in [7, 11) is 4.62. The predicted octanol–water partition coefficient (Wildman–Crippen LogP) is 5.56. The third-order valence-electron chi connectivity index (χ3n) is 13.9. The molecule has 0 aromatic carbocycles. The van der Waals surface area contributed by atoms with Crippen LogP contribution < -0.4 is 0 Å². The molecule has 4 aliphatic rings. The monoisotopic (exact) mass is 881 g/mol. The quantitative estimate of drug-likeness (QED) is 0.167. The van der Waals surface area contributed by atoms with E-state index in [-0.39, 0.29) is 49.5 Å². The van der Waals surface area contributed by atoms with E-state index in [1.807, 2.05) is 57.2 Å². The first-order chi connectivity index (χ1) is 30.0. The van der Waals surface area contributed by atoms with Crippen molar-refractivity contribution in [1.29, 1.82) is 0 Å². The van der Waals surface area contributed by atoms with E-state index in [0.717, 1.165) is 11.1 Å². The predicted molar refractivity (Wildman–Crippen MR) is 236 cm³/mol. The number of rotatable bonds is 8. The Balaban J connectivity index is 1.55. The van der Waals surface area contributed by atoms with E-state index in [2.05, 4.69) is 4.98 Å². The number of aliphatic hydroxyl groups excluding tert-OH is 2. The molecule has 350 valence electrons. The molecule has 5 rings (SSSR count). The first-order valence-corrected chi connectivity index (χ1v) is 22.9. The number of piperidine rings is 1. The van der Waals surface area contributed by atoms with Crippen LogP contribution in [0.2, 0.25) is 0 Å². The Morgan fingerprint density at radius 3 is 2.27 bits per heavy atom. The van der Waals surface area contributed by atoms with E-state index in [0.29, 0.717) is 56.9 Å². The first-order valence-electron chi connectivity index (χ1n) is 22.9. The van der Waals surface area contributed by atoms with Gasteiger partial charge in [0.2, 0.25) is 5.79 Å². The van der Waals surface area contributed by atoms with Gasteiger partial charge in [-0.3, -0.25) is 19.4 Å². The molecule has 63 heavy (non-hydrogen) atoms. The third-order valence-corrected chi connectivity index (χ3v) is 13.9. The highest BCUT2D eigenvalue weighted by molar-refractivity contribution is 6.39. The molecular weight excluding hydrogens is 809 g/mol. The van der Waals surface area contributed by atoms with Crippen LogP contribution in [0.4, 0.5) is 0 Å². The lowest BCUT2D eigenvalue weighted by Crippen LogP contribution is -2.64. The van der Waals surface area contributed by atoms with Gasteiger partial charge >= 0.3 is 5.97 Å². The van der Waals surface area contributed by atoms with Crippen molar-refractivity contribution in [3.05, 3.63) is 59.5 Å². The molecule has 3 N–H and O–H groups in total. The topological polar surface area (TPSA) is 191 Å². The number of nitrogens with zero attached hydrogens (tertiary/aromatic N) is 2. The summed E-state index contributed by atoms with van der Waals surface area (Å²) < 4.78 is 30.0. The number of carbonyl (C=O) groups excluding carboxylic acids is 4. The largest absolute Gasteiger partial charge is 0.456 e. The van der Waals surface area contributed by atoms with Crippen molar-refractivity contribution in [2.75, 3.05) is 27.9 Å². The van der Waals surface area contributed by atoms with Crippen LogP contribution in [-0.4, -0.2) is 131 Å². The van der Waals surface area contributed by atoms with Crippen molar-refractivity contribution in [3.63, 3.8) is 0 Å². The fraction of sp³-hybridized carbons (Fsp3) is 0.694. The zero-order valence-corrected chi connectivity index (χ0v) is 38.5. The van der Waals surface area contributed by atoms with Gasteiger partial charge in [-0.05, 0) is 113 Å². The van der Waals surface area contributed by atoms with Crippen LogP contribution in [0.1, 0.15) is 111 Å². The van der Waals surface area contributed by atoms with E-state index in [9.17, 15) is 34.5 Å². The molecule has 1 aromatic rings. The van der Waals surface area contributed by atoms with E-state index in [4.69, 9.17) is 23.7 Å². The molecule has 3 aliphatic heterocycles. The summed E-state index contributed by atoms with van der Waals surface area (Å²) in [4.78, 5) is 62.7. The number of cyclic esters (lactones) is 1. The minimum atomic E-state index is -2.53. The van der Waals surface area contributed by atoms with Gasteiger partial charge in [-0.15, -0.1) is 0 Å². The highest BCUT2D eigenvalue weighted by Crippen LogP contribution is 2.39. The van der Waals surface area contributed by atoms with Gasteiger partial charge in [-0.2, -0.15) is 0 Å². The van der Waals surface area contributed by atoms with Gasteiger partial charge < -0.3 is 43.9 Å². The minimum Gasteiger partial charge on any atom is -0.456 e. The number of hydrogen-bond donors (Lipinski definition) is 3. The fourth-order valence-electron chi connectivity index (χ4n) is 10.1. The molecule has 1 amide bonds. The number of Topliss-reactive ketones (excluding diaryl/α,β-unsaturated/α-hetero) is 2. The van der Waals surface area contributed by atoms with E-state index >= 15 is 0 Å². The van der Waals surface area contributed by atoms with Gasteiger partial charge in [0, 0.05) is 64.4 Å². The lowest BCUT2D eigenvalue weighted by Gasteiger charge is -2.47. The van der Waals surface area contributed by atoms with Crippen LogP contribution in [0.3, 0.4) is 0 Å². The smallest absolute Gasteiger partial charge is 0.329 e. The number of fused-ring (bicyclic) bond motifs is 3. The van der Waals surface area contributed by atoms with Crippen molar-refractivity contribution >= 4 is 29.5 Å². The maximum atomic E-state index is 14.5. The number of carbonyl (C=O) groups is 4. The number of allylic oxidation sites excluding steroid dienone is 4. The zero-order valence-electron chi connectivity index (χ0n) is 38.5. The van der Waals surface area contributed by atoms with Crippen LogP contribution >= 0.6 is 0 Å². The normalized spacial score (nSPS) is 38.3.